The molecule has 1 aliphatic rings. The summed E-state index contributed by atoms with van der Waals surface area (Å²) in [5, 5.41) is 31.8. The molecule has 0 aromatic carbocycles. The van der Waals surface area contributed by atoms with Gasteiger partial charge in [0.2, 0.25) is 0 Å². The molecule has 1 aliphatic carbocycles. The van der Waals surface area contributed by atoms with E-state index in [2.05, 4.69) is 22.9 Å². The number of hydrogen-bond donors (Lipinski definition) is 8. The SMILES string of the molecule is CCCCCCCCCCCCCCCC(=O)OCC(COP(=O)(O)OC1C(O)C(OP(=O)(O)O)C(O)C(OP(=O)(O)O)C1O)OC(=O)CCCCCCCCCCCCCCC. The Hall–Kier alpha value is -0.850. The van der Waals surface area contributed by atoms with E-state index in [1.165, 1.54) is 96.3 Å². The lowest BCUT2D eigenvalue weighted by atomic mass is 9.85. The summed E-state index contributed by atoms with van der Waals surface area (Å²) >= 11 is 0. The molecule has 1 fully saturated rings. The van der Waals surface area contributed by atoms with E-state index in [-0.39, 0.29) is 12.8 Å². The highest BCUT2D eigenvalue weighted by Crippen LogP contribution is 2.51. The number of ether oxygens (including phenoxy) is 2. The van der Waals surface area contributed by atoms with Crippen LogP contribution in [-0.4, -0.2) is 108 Å². The van der Waals surface area contributed by atoms with Gasteiger partial charge in [0.1, 0.15) is 43.2 Å². The van der Waals surface area contributed by atoms with E-state index in [1.807, 2.05) is 0 Å². The van der Waals surface area contributed by atoms with Gasteiger partial charge in [0.25, 0.3) is 0 Å². The van der Waals surface area contributed by atoms with E-state index in [0.717, 1.165) is 57.8 Å². The highest BCUT2D eigenvalue weighted by Gasteiger charge is 2.56. The zero-order chi connectivity index (χ0) is 47.2. The Morgan fingerprint density at radius 2 is 0.746 bits per heavy atom. The number of esters is 2. The molecule has 0 spiro atoms. The lowest BCUT2D eigenvalue weighted by molar-refractivity contribution is -0.213. The third kappa shape index (κ3) is 30.9. The number of phosphoric acid groups is 3. The second kappa shape index (κ2) is 34.4. The topological polar surface area (TPSA) is 303 Å². The van der Waals surface area contributed by atoms with Crippen molar-refractivity contribution < 1.29 is 90.6 Å². The number of aliphatic hydroxyl groups excluding tert-OH is 3. The van der Waals surface area contributed by atoms with Crippen LogP contribution < -0.4 is 0 Å². The summed E-state index contributed by atoms with van der Waals surface area (Å²) in [6.07, 6.45) is 12.7. The minimum atomic E-state index is -5.54. The van der Waals surface area contributed by atoms with Crippen molar-refractivity contribution in [3.63, 3.8) is 0 Å². The van der Waals surface area contributed by atoms with Gasteiger partial charge >= 0.3 is 35.4 Å². The van der Waals surface area contributed by atoms with Gasteiger partial charge in [-0.3, -0.25) is 27.7 Å². The minimum Gasteiger partial charge on any atom is -0.462 e. The summed E-state index contributed by atoms with van der Waals surface area (Å²) in [5.74, 6) is -1.30. The maximum absolute atomic E-state index is 13.1. The largest absolute Gasteiger partial charge is 0.472 e. The Labute approximate surface area is 374 Å². The van der Waals surface area contributed by atoms with E-state index in [0.29, 0.717) is 12.8 Å². The van der Waals surface area contributed by atoms with Gasteiger partial charge in [0.05, 0.1) is 6.61 Å². The van der Waals surface area contributed by atoms with Gasteiger partial charge in [-0.05, 0) is 12.8 Å². The number of rotatable bonds is 40. The molecule has 374 valence electrons. The monoisotopic (exact) mass is 970 g/mol. The molecule has 22 heteroatoms. The standard InChI is InChI=1S/C41H81O19P3/c1-3-5-7-9-11-13-15-17-19-21-23-25-27-29-34(42)55-31-33(57-35(43)30-28-26-24-22-20-18-16-14-12-10-8-6-4-2)32-56-63(53,54)60-41-37(45)39(58-61(47,48)49)36(44)40(38(41)46)59-62(50,51)52/h33,36-41,44-46H,3-32H2,1-2H3,(H,53,54)(H2,47,48,49)(H2,50,51,52). The minimum absolute atomic E-state index is 0.000839. The number of phosphoric ester groups is 3. The van der Waals surface area contributed by atoms with Crippen LogP contribution in [-0.2, 0) is 50.9 Å². The Balaban J connectivity index is 2.76. The quantitative estimate of drug-likeness (QED) is 0.0164. The fourth-order valence-corrected chi connectivity index (χ4v) is 9.52. The second-order valence-electron chi connectivity index (χ2n) is 16.7. The average molecular weight is 971 g/mol. The fraction of sp³-hybridized carbons (Fsp3) is 0.951. The molecule has 6 atom stereocenters. The summed E-state index contributed by atoms with van der Waals surface area (Å²) in [5.41, 5.74) is 0. The molecule has 1 saturated carbocycles. The van der Waals surface area contributed by atoms with Crippen molar-refractivity contribution in [3.8, 4) is 0 Å². The van der Waals surface area contributed by atoms with E-state index in [1.54, 1.807) is 0 Å². The molecule has 1 rings (SSSR count). The van der Waals surface area contributed by atoms with Crippen molar-refractivity contribution in [2.75, 3.05) is 13.2 Å². The number of hydrogen-bond acceptors (Lipinski definition) is 14. The second-order valence-corrected chi connectivity index (χ2v) is 20.5. The normalized spacial score (nSPS) is 22.1. The molecule has 8 N–H and O–H groups in total. The smallest absolute Gasteiger partial charge is 0.462 e. The van der Waals surface area contributed by atoms with Crippen molar-refractivity contribution >= 4 is 35.4 Å². The van der Waals surface area contributed by atoms with Crippen molar-refractivity contribution in [1.29, 1.82) is 0 Å². The number of aliphatic hydroxyl groups is 3. The van der Waals surface area contributed by atoms with E-state index in [4.69, 9.17) is 18.5 Å². The lowest BCUT2D eigenvalue weighted by Crippen LogP contribution is -2.65. The van der Waals surface area contributed by atoms with Gasteiger partial charge in [-0.15, -0.1) is 0 Å². The number of carbonyl (C=O) groups is 2. The van der Waals surface area contributed by atoms with Crippen LogP contribution in [0.15, 0.2) is 0 Å². The first kappa shape index (κ1) is 60.2. The predicted octanol–water partition coefficient (Wildman–Crippen LogP) is 7.96. The Kier molecular flexibility index (Phi) is 32.9. The zero-order valence-electron chi connectivity index (χ0n) is 37.7. The molecule has 63 heavy (non-hydrogen) atoms. The molecule has 0 aromatic rings. The zero-order valence-corrected chi connectivity index (χ0v) is 40.3. The van der Waals surface area contributed by atoms with Gasteiger partial charge in [-0.25, -0.2) is 13.7 Å². The van der Waals surface area contributed by atoms with Gasteiger partial charge in [0.15, 0.2) is 6.10 Å². The number of carbonyl (C=O) groups excluding carboxylic acids is 2. The van der Waals surface area contributed by atoms with E-state index >= 15 is 0 Å². The molecule has 0 aromatic heterocycles. The third-order valence-corrected chi connectivity index (χ3v) is 12.9. The van der Waals surface area contributed by atoms with Crippen LogP contribution >= 0.6 is 23.5 Å². The van der Waals surface area contributed by atoms with Crippen molar-refractivity contribution in [1.82, 2.24) is 0 Å². The highest BCUT2D eigenvalue weighted by atomic mass is 31.2. The molecule has 0 radical (unpaired) electrons. The van der Waals surface area contributed by atoms with Gasteiger partial charge < -0.3 is 49.3 Å². The maximum Gasteiger partial charge on any atom is 0.472 e. The van der Waals surface area contributed by atoms with Crippen LogP contribution in [0.3, 0.4) is 0 Å². The summed E-state index contributed by atoms with van der Waals surface area (Å²) in [4.78, 5) is 73.1. The third-order valence-electron chi connectivity index (χ3n) is 10.9. The number of unbranched alkanes of at least 4 members (excludes halogenated alkanes) is 24. The first-order chi connectivity index (χ1) is 29.8. The molecule has 6 unspecified atom stereocenters. The first-order valence-electron chi connectivity index (χ1n) is 23.3. The molecule has 0 amide bonds. The van der Waals surface area contributed by atoms with Crippen molar-refractivity contribution in [3.05, 3.63) is 0 Å². The Morgan fingerprint density at radius 3 is 1.08 bits per heavy atom. The molecule has 0 bridgehead atoms. The summed E-state index contributed by atoms with van der Waals surface area (Å²) in [6, 6.07) is 0. The van der Waals surface area contributed by atoms with Crippen LogP contribution in [0.4, 0.5) is 0 Å². The van der Waals surface area contributed by atoms with Crippen LogP contribution in [0.25, 0.3) is 0 Å². The average Bonchev–Trinajstić information content (AvgIpc) is 3.20. The summed E-state index contributed by atoms with van der Waals surface area (Å²) in [6.45, 7) is 2.92. The van der Waals surface area contributed by atoms with Crippen molar-refractivity contribution in [2.45, 2.75) is 236 Å². The van der Waals surface area contributed by atoms with Gasteiger partial charge in [0, 0.05) is 12.8 Å². The van der Waals surface area contributed by atoms with Gasteiger partial charge in [-0.1, -0.05) is 168 Å². The molecule has 0 aliphatic heterocycles. The molecular formula is C41H81O19P3. The molecule has 0 saturated heterocycles. The van der Waals surface area contributed by atoms with Gasteiger partial charge in [-0.2, -0.15) is 0 Å². The summed E-state index contributed by atoms with van der Waals surface area (Å²) in [7, 11) is -16.6. The van der Waals surface area contributed by atoms with Crippen LogP contribution in [0.5, 0.6) is 0 Å². The van der Waals surface area contributed by atoms with E-state index in [9.17, 15) is 63.1 Å². The Bertz CT molecular complexity index is 1310. The molecular weight excluding hydrogens is 889 g/mol. The van der Waals surface area contributed by atoms with Crippen LogP contribution in [0, 0.1) is 0 Å². The highest BCUT2D eigenvalue weighted by molar-refractivity contribution is 7.47. The van der Waals surface area contributed by atoms with Crippen LogP contribution in [0.2, 0.25) is 0 Å². The van der Waals surface area contributed by atoms with Crippen LogP contribution in [0.1, 0.15) is 194 Å². The first-order valence-corrected chi connectivity index (χ1v) is 27.9. The van der Waals surface area contributed by atoms with Crippen molar-refractivity contribution in [2.24, 2.45) is 0 Å². The Morgan fingerprint density at radius 1 is 0.444 bits per heavy atom. The molecule has 0 heterocycles. The lowest BCUT2D eigenvalue weighted by Gasteiger charge is -2.44. The molecule has 19 nitrogen and oxygen atoms in total. The fourth-order valence-electron chi connectivity index (χ4n) is 7.41. The van der Waals surface area contributed by atoms with E-state index < -0.39 is 91.3 Å². The predicted molar refractivity (Wildman–Crippen MR) is 234 cm³/mol. The maximum atomic E-state index is 13.1. The summed E-state index contributed by atoms with van der Waals surface area (Å²) < 4.78 is 65.4.